The fraction of sp³-hybridized carbons (Fsp3) is 0.250. The molecule has 13 heavy (non-hydrogen) atoms. The summed E-state index contributed by atoms with van der Waals surface area (Å²) in [6.07, 6.45) is -2.57. The van der Waals surface area contributed by atoms with Gasteiger partial charge in [0, 0.05) is 0 Å². The standard InChI is InChI=1S/C8H6F3NO/c1-4-2-6(7(9)10)12-8(11)5(4)3-13/h2-3,7H,1H3. The van der Waals surface area contributed by atoms with Crippen LogP contribution in [0.2, 0.25) is 0 Å². The summed E-state index contributed by atoms with van der Waals surface area (Å²) in [5.41, 5.74) is -0.761. The fourth-order valence-electron chi connectivity index (χ4n) is 0.921. The van der Waals surface area contributed by atoms with E-state index in [2.05, 4.69) is 4.98 Å². The number of aromatic nitrogens is 1. The van der Waals surface area contributed by atoms with Crippen LogP contribution in [0.4, 0.5) is 13.2 Å². The third kappa shape index (κ3) is 1.85. The number of pyridine rings is 1. The summed E-state index contributed by atoms with van der Waals surface area (Å²) >= 11 is 0. The molecule has 1 rings (SSSR count). The second-order valence-electron chi connectivity index (χ2n) is 2.49. The molecule has 0 aliphatic carbocycles. The zero-order chi connectivity index (χ0) is 10.0. The first-order chi connectivity index (χ1) is 6.06. The van der Waals surface area contributed by atoms with E-state index in [1.165, 1.54) is 6.92 Å². The van der Waals surface area contributed by atoms with Crippen molar-refractivity contribution in [3.8, 4) is 0 Å². The Morgan fingerprint density at radius 3 is 2.54 bits per heavy atom. The van der Waals surface area contributed by atoms with Gasteiger partial charge in [-0.15, -0.1) is 0 Å². The van der Waals surface area contributed by atoms with Crippen molar-refractivity contribution >= 4 is 6.29 Å². The van der Waals surface area contributed by atoms with Crippen molar-refractivity contribution in [3.05, 3.63) is 28.8 Å². The predicted molar refractivity (Wildman–Crippen MR) is 39.3 cm³/mol. The number of aryl methyl sites for hydroxylation is 1. The van der Waals surface area contributed by atoms with Crippen LogP contribution < -0.4 is 0 Å². The minimum absolute atomic E-state index is 0.165. The number of halogens is 3. The number of alkyl halides is 2. The van der Waals surface area contributed by atoms with E-state index in [4.69, 9.17) is 0 Å². The Morgan fingerprint density at radius 2 is 2.15 bits per heavy atom. The van der Waals surface area contributed by atoms with Crippen molar-refractivity contribution < 1.29 is 18.0 Å². The molecular weight excluding hydrogens is 183 g/mol. The third-order valence-corrected chi connectivity index (χ3v) is 1.58. The van der Waals surface area contributed by atoms with Gasteiger partial charge in [0.2, 0.25) is 5.95 Å². The largest absolute Gasteiger partial charge is 0.298 e. The first-order valence-corrected chi connectivity index (χ1v) is 3.46. The molecule has 1 aromatic heterocycles. The van der Waals surface area contributed by atoms with Gasteiger partial charge in [-0.25, -0.2) is 13.8 Å². The van der Waals surface area contributed by atoms with Crippen LogP contribution in [-0.2, 0) is 0 Å². The molecule has 2 nitrogen and oxygen atoms in total. The highest BCUT2D eigenvalue weighted by Gasteiger charge is 2.14. The molecule has 0 amide bonds. The van der Waals surface area contributed by atoms with Crippen LogP contribution in [0, 0.1) is 12.9 Å². The maximum Gasteiger partial charge on any atom is 0.280 e. The lowest BCUT2D eigenvalue weighted by Crippen LogP contribution is -2.01. The molecule has 1 heterocycles. The zero-order valence-electron chi connectivity index (χ0n) is 6.72. The first-order valence-electron chi connectivity index (χ1n) is 3.46. The van der Waals surface area contributed by atoms with E-state index in [-0.39, 0.29) is 17.4 Å². The van der Waals surface area contributed by atoms with E-state index in [1.807, 2.05) is 0 Å². The maximum atomic E-state index is 12.8. The summed E-state index contributed by atoms with van der Waals surface area (Å²) in [7, 11) is 0. The molecule has 0 fully saturated rings. The molecular formula is C8H6F3NO. The number of hydrogen-bond donors (Lipinski definition) is 0. The molecule has 0 unspecified atom stereocenters. The van der Waals surface area contributed by atoms with E-state index in [9.17, 15) is 18.0 Å². The van der Waals surface area contributed by atoms with Crippen molar-refractivity contribution in [1.82, 2.24) is 4.98 Å². The molecule has 1 aromatic rings. The lowest BCUT2D eigenvalue weighted by molar-refractivity contribution is 0.111. The van der Waals surface area contributed by atoms with Crippen LogP contribution in [0.15, 0.2) is 6.07 Å². The van der Waals surface area contributed by atoms with Gasteiger partial charge in [-0.3, -0.25) is 4.79 Å². The second kappa shape index (κ2) is 3.55. The van der Waals surface area contributed by atoms with E-state index in [0.29, 0.717) is 0 Å². The lowest BCUT2D eigenvalue weighted by atomic mass is 10.1. The van der Waals surface area contributed by atoms with Gasteiger partial charge in [0.15, 0.2) is 6.29 Å². The van der Waals surface area contributed by atoms with Gasteiger partial charge in [0.25, 0.3) is 6.43 Å². The van der Waals surface area contributed by atoms with Gasteiger partial charge >= 0.3 is 0 Å². The SMILES string of the molecule is Cc1cc(C(F)F)nc(F)c1C=O. The Hall–Kier alpha value is -1.39. The highest BCUT2D eigenvalue weighted by Crippen LogP contribution is 2.19. The summed E-state index contributed by atoms with van der Waals surface area (Å²) in [6, 6.07) is 0.997. The summed E-state index contributed by atoms with van der Waals surface area (Å²) in [5.74, 6) is -1.15. The van der Waals surface area contributed by atoms with E-state index in [0.717, 1.165) is 6.07 Å². The van der Waals surface area contributed by atoms with Gasteiger partial charge in [0.05, 0.1) is 5.56 Å². The minimum atomic E-state index is -2.83. The quantitative estimate of drug-likeness (QED) is 0.527. The fourth-order valence-corrected chi connectivity index (χ4v) is 0.921. The molecule has 0 aliphatic rings. The molecule has 0 saturated carbocycles. The molecule has 70 valence electrons. The number of carbonyl (C=O) groups is 1. The summed E-state index contributed by atoms with van der Waals surface area (Å²) < 4.78 is 36.9. The molecule has 0 bridgehead atoms. The summed E-state index contributed by atoms with van der Waals surface area (Å²) in [4.78, 5) is 13.2. The van der Waals surface area contributed by atoms with Crippen LogP contribution in [0.5, 0.6) is 0 Å². The average Bonchev–Trinajstić information content (AvgIpc) is 2.03. The van der Waals surface area contributed by atoms with Crippen LogP contribution in [0.3, 0.4) is 0 Å². The molecule has 0 N–H and O–H groups in total. The molecule has 0 aliphatic heterocycles. The predicted octanol–water partition coefficient (Wildman–Crippen LogP) is 2.28. The number of carbonyl (C=O) groups excluding carboxylic acids is 1. The second-order valence-corrected chi connectivity index (χ2v) is 2.49. The molecule has 0 spiro atoms. The smallest absolute Gasteiger partial charge is 0.280 e. The Morgan fingerprint density at radius 1 is 1.54 bits per heavy atom. The van der Waals surface area contributed by atoms with Crippen molar-refractivity contribution in [2.75, 3.05) is 0 Å². The molecule has 0 saturated heterocycles. The number of rotatable bonds is 2. The molecule has 5 heteroatoms. The zero-order valence-corrected chi connectivity index (χ0v) is 6.72. The van der Waals surface area contributed by atoms with Crippen LogP contribution in [-0.4, -0.2) is 11.3 Å². The van der Waals surface area contributed by atoms with Gasteiger partial charge < -0.3 is 0 Å². The highest BCUT2D eigenvalue weighted by molar-refractivity contribution is 5.76. The van der Waals surface area contributed by atoms with Gasteiger partial charge in [-0.1, -0.05) is 0 Å². The third-order valence-electron chi connectivity index (χ3n) is 1.58. The van der Waals surface area contributed by atoms with Crippen molar-refractivity contribution in [1.29, 1.82) is 0 Å². The molecule has 0 aromatic carbocycles. The van der Waals surface area contributed by atoms with E-state index >= 15 is 0 Å². The monoisotopic (exact) mass is 189 g/mol. The maximum absolute atomic E-state index is 12.8. The van der Waals surface area contributed by atoms with Crippen molar-refractivity contribution in [2.45, 2.75) is 13.3 Å². The Bertz CT molecular complexity index is 315. The van der Waals surface area contributed by atoms with E-state index in [1.54, 1.807) is 0 Å². The van der Waals surface area contributed by atoms with Gasteiger partial charge in [-0.05, 0) is 18.6 Å². The van der Waals surface area contributed by atoms with Crippen molar-refractivity contribution in [2.24, 2.45) is 0 Å². The number of hydrogen-bond acceptors (Lipinski definition) is 2. The Balaban J connectivity index is 3.28. The topological polar surface area (TPSA) is 30.0 Å². The van der Waals surface area contributed by atoms with Gasteiger partial charge in [-0.2, -0.15) is 4.39 Å². The molecule has 0 radical (unpaired) electrons. The average molecular weight is 189 g/mol. The van der Waals surface area contributed by atoms with Crippen LogP contribution in [0.1, 0.15) is 28.0 Å². The Kier molecular flexibility index (Phi) is 2.65. The minimum Gasteiger partial charge on any atom is -0.298 e. The summed E-state index contributed by atoms with van der Waals surface area (Å²) in [5, 5.41) is 0. The Labute approximate surface area is 72.4 Å². The summed E-state index contributed by atoms with van der Waals surface area (Å²) in [6.45, 7) is 1.38. The van der Waals surface area contributed by atoms with Crippen LogP contribution in [0.25, 0.3) is 0 Å². The number of aldehydes is 1. The first kappa shape index (κ1) is 9.70. The van der Waals surface area contributed by atoms with Gasteiger partial charge in [0.1, 0.15) is 5.69 Å². The normalized spacial score (nSPS) is 10.5. The lowest BCUT2D eigenvalue weighted by Gasteiger charge is -2.03. The molecule has 0 atom stereocenters. The highest BCUT2D eigenvalue weighted by atomic mass is 19.3. The number of nitrogens with zero attached hydrogens (tertiary/aromatic N) is 1. The van der Waals surface area contributed by atoms with E-state index < -0.39 is 18.1 Å². The van der Waals surface area contributed by atoms with Crippen molar-refractivity contribution in [3.63, 3.8) is 0 Å². The van der Waals surface area contributed by atoms with Crippen LogP contribution >= 0.6 is 0 Å².